The average molecular weight is 375 g/mol. The molecule has 0 aliphatic rings. The Labute approximate surface area is 164 Å². The van der Waals surface area contributed by atoms with Gasteiger partial charge in [0.15, 0.2) is 5.82 Å². The summed E-state index contributed by atoms with van der Waals surface area (Å²) in [5, 5.41) is 2.87. The van der Waals surface area contributed by atoms with Gasteiger partial charge in [0.2, 0.25) is 0 Å². The van der Waals surface area contributed by atoms with Crippen LogP contribution in [0, 0.1) is 0 Å². The van der Waals surface area contributed by atoms with Crippen molar-refractivity contribution in [2.45, 2.75) is 33.6 Å². The van der Waals surface area contributed by atoms with E-state index in [1.54, 1.807) is 18.7 Å². The van der Waals surface area contributed by atoms with Crippen molar-refractivity contribution in [2.75, 3.05) is 5.32 Å². The zero-order valence-corrected chi connectivity index (χ0v) is 15.5. The minimum Gasteiger partial charge on any atom is -0.305 e. The number of imidazole rings is 2. The molecule has 0 aliphatic heterocycles. The van der Waals surface area contributed by atoms with E-state index in [2.05, 4.69) is 36.1 Å². The number of carbonyl (C=O) groups excluding carboxylic acids is 1. The van der Waals surface area contributed by atoms with Gasteiger partial charge >= 0.3 is 0 Å². The highest BCUT2D eigenvalue weighted by molar-refractivity contribution is 6.03. The summed E-state index contributed by atoms with van der Waals surface area (Å²) in [7, 11) is 0. The number of fused-ring (bicyclic) bond motifs is 1. The summed E-state index contributed by atoms with van der Waals surface area (Å²) < 4.78 is 3.79. The molecule has 0 aliphatic carbocycles. The quantitative estimate of drug-likeness (QED) is 0.564. The molecule has 144 valence electrons. The van der Waals surface area contributed by atoms with Crippen LogP contribution < -0.4 is 5.32 Å². The third-order valence-electron chi connectivity index (χ3n) is 4.49. The van der Waals surface area contributed by atoms with Crippen LogP contribution in [0.4, 0.5) is 5.82 Å². The van der Waals surface area contributed by atoms with E-state index in [4.69, 9.17) is 0 Å². The van der Waals surface area contributed by atoms with Crippen LogP contribution in [-0.2, 0) is 5.41 Å². The molecule has 1 aromatic carbocycles. The lowest BCUT2D eigenvalue weighted by molar-refractivity contribution is 0.102. The van der Waals surface area contributed by atoms with Crippen LogP contribution in [-0.4, -0.2) is 24.8 Å². The zero-order chi connectivity index (χ0) is 19.0. The molecule has 0 bridgehead atoms. The molecule has 1 N–H and O–H groups in total. The van der Waals surface area contributed by atoms with Gasteiger partial charge in [-0.2, -0.15) is 0 Å². The number of aromatic nitrogens is 4. The third-order valence-corrected chi connectivity index (χ3v) is 4.49. The minimum absolute atomic E-state index is 0. The molecule has 4 aromatic rings. The highest BCUT2D eigenvalue weighted by Crippen LogP contribution is 2.22. The largest absolute Gasteiger partial charge is 0.305 e. The molecule has 0 spiro atoms. The number of benzene rings is 1. The van der Waals surface area contributed by atoms with Gasteiger partial charge in [-0.3, -0.25) is 4.79 Å². The van der Waals surface area contributed by atoms with E-state index in [9.17, 15) is 4.79 Å². The number of hydrogen-bond donors (Lipinski definition) is 1. The number of carbonyl (C=O) groups is 1. The lowest BCUT2D eigenvalue weighted by Gasteiger charge is -2.18. The van der Waals surface area contributed by atoms with E-state index >= 15 is 0 Å². The summed E-state index contributed by atoms with van der Waals surface area (Å²) in [5.74, 6) is 0.344. The number of nitrogens with one attached hydrogen (secondary N) is 1. The standard InChI is InChI=1S/C21H21N5O.CH4/c1-21(2,3)16-6-4-15(5-7-16)20(27)24-18-13-26-12-17(8-9-19(26)23-18)25-11-10-22-14-25;/h4-14H,1-3H3,(H,24,27);1H4. The van der Waals surface area contributed by atoms with Gasteiger partial charge in [0.25, 0.3) is 5.91 Å². The van der Waals surface area contributed by atoms with Gasteiger partial charge < -0.3 is 14.3 Å². The molecule has 3 heterocycles. The van der Waals surface area contributed by atoms with E-state index in [1.165, 1.54) is 5.56 Å². The second-order valence-corrected chi connectivity index (χ2v) is 7.53. The fraction of sp³-hybridized carbons (Fsp3) is 0.227. The van der Waals surface area contributed by atoms with Gasteiger partial charge in [0, 0.05) is 24.2 Å². The Balaban J connectivity index is 0.00000225. The first-order valence-corrected chi connectivity index (χ1v) is 8.79. The fourth-order valence-corrected chi connectivity index (χ4v) is 2.91. The van der Waals surface area contributed by atoms with Gasteiger partial charge in [0.05, 0.1) is 18.2 Å². The molecule has 4 rings (SSSR count). The van der Waals surface area contributed by atoms with Gasteiger partial charge in [-0.1, -0.05) is 40.3 Å². The number of hydrogen-bond acceptors (Lipinski definition) is 3. The molecule has 6 heteroatoms. The first-order valence-electron chi connectivity index (χ1n) is 8.79. The Morgan fingerprint density at radius 1 is 1.04 bits per heavy atom. The maximum atomic E-state index is 12.5. The average Bonchev–Trinajstić information content (AvgIpc) is 3.29. The topological polar surface area (TPSA) is 64.2 Å². The maximum Gasteiger partial charge on any atom is 0.256 e. The highest BCUT2D eigenvalue weighted by Gasteiger charge is 2.15. The molecule has 0 unspecified atom stereocenters. The summed E-state index contributed by atoms with van der Waals surface area (Å²) >= 11 is 0. The van der Waals surface area contributed by atoms with E-state index in [0.29, 0.717) is 11.4 Å². The molecule has 0 atom stereocenters. The van der Waals surface area contributed by atoms with Gasteiger partial charge in [0.1, 0.15) is 5.65 Å². The molecular formula is C22H25N5O. The van der Waals surface area contributed by atoms with Gasteiger partial charge in [-0.15, -0.1) is 0 Å². The van der Waals surface area contributed by atoms with Crippen molar-refractivity contribution in [3.63, 3.8) is 0 Å². The van der Waals surface area contributed by atoms with Gasteiger partial charge in [-0.25, -0.2) is 9.97 Å². The summed E-state index contributed by atoms with van der Waals surface area (Å²) in [5.41, 5.74) is 3.59. The van der Waals surface area contributed by atoms with Crippen molar-refractivity contribution in [1.82, 2.24) is 18.9 Å². The van der Waals surface area contributed by atoms with Crippen LogP contribution in [0.25, 0.3) is 11.3 Å². The summed E-state index contributed by atoms with van der Waals surface area (Å²) in [6.07, 6.45) is 9.09. The van der Waals surface area contributed by atoms with Crippen LogP contribution in [0.3, 0.4) is 0 Å². The van der Waals surface area contributed by atoms with E-state index in [-0.39, 0.29) is 18.7 Å². The number of pyridine rings is 1. The highest BCUT2D eigenvalue weighted by atomic mass is 16.1. The van der Waals surface area contributed by atoms with Crippen molar-refractivity contribution in [1.29, 1.82) is 0 Å². The molecule has 0 saturated heterocycles. The molecule has 0 radical (unpaired) electrons. The number of anilines is 1. The number of nitrogens with zero attached hydrogens (tertiary/aromatic N) is 4. The van der Waals surface area contributed by atoms with Crippen LogP contribution in [0.2, 0.25) is 0 Å². The third kappa shape index (κ3) is 3.81. The lowest BCUT2D eigenvalue weighted by Crippen LogP contribution is -2.14. The van der Waals surface area contributed by atoms with Crippen molar-refractivity contribution >= 4 is 17.4 Å². The first kappa shape index (κ1) is 19.4. The van der Waals surface area contributed by atoms with Crippen LogP contribution in [0.15, 0.2) is 67.5 Å². The monoisotopic (exact) mass is 375 g/mol. The summed E-state index contributed by atoms with van der Waals surface area (Å²) in [4.78, 5) is 21.1. The molecule has 0 saturated carbocycles. The van der Waals surface area contributed by atoms with Gasteiger partial charge in [-0.05, 0) is 35.2 Å². The maximum absolute atomic E-state index is 12.5. The number of amides is 1. The molecule has 6 nitrogen and oxygen atoms in total. The minimum atomic E-state index is -0.173. The van der Waals surface area contributed by atoms with E-state index in [1.807, 2.05) is 57.8 Å². The van der Waals surface area contributed by atoms with E-state index in [0.717, 1.165) is 11.3 Å². The smallest absolute Gasteiger partial charge is 0.256 e. The second-order valence-electron chi connectivity index (χ2n) is 7.53. The first-order chi connectivity index (χ1) is 12.9. The summed E-state index contributed by atoms with van der Waals surface area (Å²) in [6.45, 7) is 6.45. The lowest BCUT2D eigenvalue weighted by atomic mass is 9.87. The Bertz CT molecular complexity index is 1090. The van der Waals surface area contributed by atoms with Crippen LogP contribution >= 0.6 is 0 Å². The zero-order valence-electron chi connectivity index (χ0n) is 15.5. The molecule has 3 aromatic heterocycles. The van der Waals surface area contributed by atoms with Crippen molar-refractivity contribution in [3.05, 3.63) is 78.6 Å². The molecule has 1 amide bonds. The molecular weight excluding hydrogens is 350 g/mol. The summed E-state index contributed by atoms with van der Waals surface area (Å²) in [6, 6.07) is 11.6. The van der Waals surface area contributed by atoms with Crippen molar-refractivity contribution in [3.8, 4) is 5.69 Å². The second kappa shape index (κ2) is 7.31. The van der Waals surface area contributed by atoms with Crippen molar-refractivity contribution < 1.29 is 4.79 Å². The Hall–Kier alpha value is -3.41. The normalized spacial score (nSPS) is 11.2. The molecule has 28 heavy (non-hydrogen) atoms. The number of rotatable bonds is 3. The predicted molar refractivity (Wildman–Crippen MR) is 112 cm³/mol. The Morgan fingerprint density at radius 2 is 1.79 bits per heavy atom. The predicted octanol–water partition coefficient (Wildman–Crippen LogP) is 4.71. The van der Waals surface area contributed by atoms with E-state index < -0.39 is 0 Å². The van der Waals surface area contributed by atoms with Crippen molar-refractivity contribution in [2.24, 2.45) is 0 Å². The molecule has 0 fully saturated rings. The van der Waals surface area contributed by atoms with Crippen LogP contribution in [0.5, 0.6) is 0 Å². The fourth-order valence-electron chi connectivity index (χ4n) is 2.91. The SMILES string of the molecule is C.CC(C)(C)c1ccc(C(=O)Nc2cn3cc(-n4ccnc4)ccc3n2)cc1. The van der Waals surface area contributed by atoms with Crippen LogP contribution in [0.1, 0.15) is 44.1 Å². The Kier molecular flexibility index (Phi) is 5.05. The Morgan fingerprint density at radius 3 is 2.43 bits per heavy atom.